The molecule has 0 radical (unpaired) electrons. The van der Waals surface area contributed by atoms with Crippen molar-refractivity contribution in [1.29, 1.82) is 0 Å². The van der Waals surface area contributed by atoms with Crippen molar-refractivity contribution < 1.29 is 9.53 Å². The average molecular weight is 369 g/mol. The fourth-order valence-electron chi connectivity index (χ4n) is 8.94. The van der Waals surface area contributed by atoms with E-state index in [0.29, 0.717) is 11.8 Å². The summed E-state index contributed by atoms with van der Waals surface area (Å²) in [6.45, 7) is 0. The van der Waals surface area contributed by atoms with Gasteiger partial charge in [-0.05, 0) is 99.2 Å². The lowest BCUT2D eigenvalue weighted by molar-refractivity contribution is -0.181. The molecule has 2 heteroatoms. The Hall–Kier alpha value is -0.790. The predicted octanol–water partition coefficient (Wildman–Crippen LogP) is 5.91. The van der Waals surface area contributed by atoms with Gasteiger partial charge in [0.05, 0.1) is 5.92 Å². The third kappa shape index (κ3) is 2.53. The van der Waals surface area contributed by atoms with Crippen LogP contribution in [-0.2, 0) is 9.53 Å². The minimum absolute atomic E-state index is 0.0917. The molecule has 0 heterocycles. The van der Waals surface area contributed by atoms with Gasteiger partial charge >= 0.3 is 5.97 Å². The first-order chi connectivity index (χ1) is 13.3. The molecule has 0 saturated heterocycles. The molecule has 0 aromatic carbocycles. The quantitative estimate of drug-likeness (QED) is 0.352. The molecule has 0 aliphatic heterocycles. The van der Waals surface area contributed by atoms with Crippen molar-refractivity contribution in [2.24, 2.45) is 47.3 Å². The lowest BCUT2D eigenvalue weighted by Crippen LogP contribution is -2.47. The number of ether oxygens (including phenoxy) is 1. The number of fused-ring (bicyclic) bond motifs is 9. The van der Waals surface area contributed by atoms with Gasteiger partial charge in [-0.2, -0.15) is 0 Å². The zero-order valence-corrected chi connectivity index (χ0v) is 16.8. The van der Waals surface area contributed by atoms with Gasteiger partial charge in [0.2, 0.25) is 0 Å². The van der Waals surface area contributed by atoms with E-state index in [2.05, 4.69) is 12.2 Å². The van der Waals surface area contributed by atoms with Gasteiger partial charge < -0.3 is 4.74 Å². The highest BCUT2D eigenvalue weighted by molar-refractivity contribution is 5.74. The summed E-state index contributed by atoms with van der Waals surface area (Å²) in [5.41, 5.74) is -0.0917. The number of carbonyl (C=O) groups excluding carboxylic acids is 1. The molecule has 0 N–H and O–H groups in total. The van der Waals surface area contributed by atoms with Crippen LogP contribution in [0.1, 0.15) is 83.5 Å². The Bertz CT molecular complexity index is 624. The van der Waals surface area contributed by atoms with Crippen molar-refractivity contribution in [1.82, 2.24) is 0 Å². The summed E-state index contributed by atoms with van der Waals surface area (Å²) in [6.07, 6.45) is 21.6. The molecular formula is C25H36O2. The van der Waals surface area contributed by atoms with E-state index in [1.165, 1.54) is 64.2 Å². The van der Waals surface area contributed by atoms with Crippen molar-refractivity contribution in [3.05, 3.63) is 12.2 Å². The van der Waals surface area contributed by atoms with Gasteiger partial charge in [0.1, 0.15) is 5.60 Å². The Morgan fingerprint density at radius 3 is 2.30 bits per heavy atom. The fourth-order valence-corrected chi connectivity index (χ4v) is 8.94. The second kappa shape index (κ2) is 6.36. The van der Waals surface area contributed by atoms with Crippen LogP contribution < -0.4 is 0 Å². The van der Waals surface area contributed by atoms with Gasteiger partial charge in [0.25, 0.3) is 0 Å². The minimum atomic E-state index is -0.0917. The molecule has 27 heavy (non-hydrogen) atoms. The third-order valence-corrected chi connectivity index (χ3v) is 9.93. The van der Waals surface area contributed by atoms with Gasteiger partial charge in [-0.3, -0.25) is 4.79 Å². The van der Waals surface area contributed by atoms with E-state index in [9.17, 15) is 4.79 Å². The van der Waals surface area contributed by atoms with Crippen LogP contribution in [0.4, 0.5) is 0 Å². The summed E-state index contributed by atoms with van der Waals surface area (Å²) in [5.74, 6) is 5.91. The number of hydrogen-bond donors (Lipinski definition) is 0. The zero-order valence-electron chi connectivity index (χ0n) is 16.8. The summed E-state index contributed by atoms with van der Waals surface area (Å²) >= 11 is 0. The normalized spacial score (nSPS) is 47.3. The van der Waals surface area contributed by atoms with E-state index < -0.39 is 0 Å². The summed E-state index contributed by atoms with van der Waals surface area (Å²) < 4.78 is 6.63. The highest BCUT2D eigenvalue weighted by Gasteiger charge is 2.63. The van der Waals surface area contributed by atoms with Crippen molar-refractivity contribution >= 4 is 5.97 Å². The van der Waals surface area contributed by atoms with E-state index in [4.69, 9.17) is 4.74 Å². The molecule has 0 aromatic heterocycles. The minimum Gasteiger partial charge on any atom is -0.459 e. The standard InChI is InChI=1S/C25H36O2/c26-24(27-25(11-5-2-6-12-25)19-7-3-1-4-8-19)21-15-18-14-20(21)23-17-10-9-16(13-17)22(18)23/h9-10,16-23H,1-8,11-15H2. The Morgan fingerprint density at radius 1 is 0.815 bits per heavy atom. The zero-order chi connectivity index (χ0) is 18.0. The smallest absolute Gasteiger partial charge is 0.309 e. The number of hydrogen-bond acceptors (Lipinski definition) is 2. The SMILES string of the molecule is O=C(OC1(C2CCCCC2)CCCCC1)C1CC2CC1C1C3C=CC(C3)C21. The maximum absolute atomic E-state index is 13.5. The van der Waals surface area contributed by atoms with Gasteiger partial charge in [-0.25, -0.2) is 0 Å². The van der Waals surface area contributed by atoms with Gasteiger partial charge in [0, 0.05) is 0 Å². The van der Waals surface area contributed by atoms with E-state index >= 15 is 0 Å². The first kappa shape index (κ1) is 17.1. The second-order valence-electron chi connectivity index (χ2n) is 11.0. The van der Waals surface area contributed by atoms with Crippen LogP contribution in [0.3, 0.4) is 0 Å². The van der Waals surface area contributed by atoms with Gasteiger partial charge in [-0.1, -0.05) is 37.8 Å². The van der Waals surface area contributed by atoms with Gasteiger partial charge in [0.15, 0.2) is 0 Å². The Kier molecular flexibility index (Phi) is 4.03. The number of rotatable bonds is 3. The van der Waals surface area contributed by atoms with Crippen LogP contribution in [0.25, 0.3) is 0 Å². The highest BCUT2D eigenvalue weighted by atomic mass is 16.6. The summed E-state index contributed by atoms with van der Waals surface area (Å²) in [7, 11) is 0. The van der Waals surface area contributed by atoms with Crippen LogP contribution >= 0.6 is 0 Å². The molecule has 148 valence electrons. The predicted molar refractivity (Wildman–Crippen MR) is 106 cm³/mol. The second-order valence-corrected chi connectivity index (χ2v) is 11.0. The molecule has 4 bridgehead atoms. The monoisotopic (exact) mass is 368 g/mol. The molecule has 0 amide bonds. The number of allylic oxidation sites excluding steroid dienone is 2. The molecule has 6 aliphatic carbocycles. The third-order valence-electron chi connectivity index (χ3n) is 9.93. The molecule has 6 rings (SSSR count). The molecule has 0 aromatic rings. The Morgan fingerprint density at radius 2 is 1.52 bits per heavy atom. The molecule has 2 nitrogen and oxygen atoms in total. The van der Waals surface area contributed by atoms with Crippen molar-refractivity contribution in [3.8, 4) is 0 Å². The fraction of sp³-hybridized carbons (Fsp3) is 0.880. The van der Waals surface area contributed by atoms with Crippen molar-refractivity contribution in [2.75, 3.05) is 0 Å². The van der Waals surface area contributed by atoms with Crippen LogP contribution in [0.2, 0.25) is 0 Å². The molecule has 7 atom stereocenters. The van der Waals surface area contributed by atoms with Crippen LogP contribution in [0.15, 0.2) is 12.2 Å². The Labute approximate surface area is 164 Å². The lowest BCUT2D eigenvalue weighted by Gasteiger charge is -2.46. The maximum atomic E-state index is 13.5. The number of esters is 1. The summed E-state index contributed by atoms with van der Waals surface area (Å²) in [6, 6.07) is 0. The first-order valence-electron chi connectivity index (χ1n) is 12.2. The summed E-state index contributed by atoms with van der Waals surface area (Å²) in [4.78, 5) is 13.5. The maximum Gasteiger partial charge on any atom is 0.309 e. The van der Waals surface area contributed by atoms with Gasteiger partial charge in [-0.15, -0.1) is 0 Å². The Balaban J connectivity index is 1.20. The van der Waals surface area contributed by atoms with E-state index in [1.807, 2.05) is 0 Å². The molecule has 5 fully saturated rings. The average Bonchev–Trinajstić information content (AvgIpc) is 3.48. The van der Waals surface area contributed by atoms with Crippen LogP contribution in [0, 0.1) is 47.3 Å². The highest BCUT2D eigenvalue weighted by Crippen LogP contribution is 2.67. The van der Waals surface area contributed by atoms with Crippen molar-refractivity contribution in [3.63, 3.8) is 0 Å². The molecule has 0 spiro atoms. The van der Waals surface area contributed by atoms with E-state index in [-0.39, 0.29) is 17.5 Å². The largest absolute Gasteiger partial charge is 0.459 e. The lowest BCUT2D eigenvalue weighted by atomic mass is 9.68. The van der Waals surface area contributed by atoms with E-state index in [1.54, 1.807) is 0 Å². The van der Waals surface area contributed by atoms with E-state index in [0.717, 1.165) is 48.9 Å². The molecule has 6 aliphatic rings. The number of carbonyl (C=O) groups is 1. The molecule has 7 unspecified atom stereocenters. The van der Waals surface area contributed by atoms with Crippen molar-refractivity contribution in [2.45, 2.75) is 89.1 Å². The summed E-state index contributed by atoms with van der Waals surface area (Å²) in [5, 5.41) is 0. The van der Waals surface area contributed by atoms with Crippen LogP contribution in [-0.4, -0.2) is 11.6 Å². The topological polar surface area (TPSA) is 26.3 Å². The van der Waals surface area contributed by atoms with Crippen LogP contribution in [0.5, 0.6) is 0 Å². The molecular weight excluding hydrogens is 332 g/mol. The first-order valence-corrected chi connectivity index (χ1v) is 12.2. The molecule has 5 saturated carbocycles.